The van der Waals surface area contributed by atoms with E-state index in [0.29, 0.717) is 12.2 Å². The van der Waals surface area contributed by atoms with Crippen LogP contribution in [0.15, 0.2) is 11.2 Å². The lowest BCUT2D eigenvalue weighted by Crippen LogP contribution is -2.53. The summed E-state index contributed by atoms with van der Waals surface area (Å²) in [5.41, 5.74) is 0. The van der Waals surface area contributed by atoms with Crippen LogP contribution in [-0.2, 0) is 26.0 Å². The van der Waals surface area contributed by atoms with Gasteiger partial charge < -0.3 is 4.98 Å². The Morgan fingerprint density at radius 1 is 1.33 bits per heavy atom. The number of aromatic amines is 1. The van der Waals surface area contributed by atoms with Crippen molar-refractivity contribution in [3.63, 3.8) is 0 Å². The predicted molar refractivity (Wildman–Crippen MR) is 59.9 cm³/mol. The first-order valence-corrected chi connectivity index (χ1v) is 6.74. The Bertz CT molecular complexity index is 575. The van der Waals surface area contributed by atoms with Gasteiger partial charge in [0, 0.05) is 6.42 Å². The lowest BCUT2D eigenvalue weighted by molar-refractivity contribution is -0.134. The molecule has 0 aromatic carbocycles. The summed E-state index contributed by atoms with van der Waals surface area (Å²) in [4.78, 5) is 28.9. The molecule has 1 aromatic heterocycles. The lowest BCUT2D eigenvalue weighted by Gasteiger charge is -2.23. The molecule has 0 radical (unpaired) electrons. The summed E-state index contributed by atoms with van der Waals surface area (Å²) < 4.78 is 25.1. The van der Waals surface area contributed by atoms with Gasteiger partial charge in [-0.15, -0.1) is 0 Å². The van der Waals surface area contributed by atoms with Crippen LogP contribution in [0.3, 0.4) is 0 Å². The molecular formula is C9H12N4O4S. The van der Waals surface area contributed by atoms with E-state index >= 15 is 0 Å². The van der Waals surface area contributed by atoms with Crippen LogP contribution in [0.4, 0.5) is 0 Å². The molecule has 2 amide bonds. The standard InChI is InChI=1S/C9H12N4O4S/c1-2-6-10-3-9(11-6)18(16,17)13-4-7(14)12-8(15)5-13/h3H,2,4-5H2,1H3,(H,10,11)(H,12,14,15). The van der Waals surface area contributed by atoms with Crippen LogP contribution in [0.1, 0.15) is 12.7 Å². The highest BCUT2D eigenvalue weighted by atomic mass is 32.2. The number of carbonyl (C=O) groups is 2. The Morgan fingerprint density at radius 3 is 2.44 bits per heavy atom. The number of piperazine rings is 1. The minimum absolute atomic E-state index is 0.109. The summed E-state index contributed by atoms with van der Waals surface area (Å²) in [5, 5.41) is 1.93. The molecule has 1 fully saturated rings. The summed E-state index contributed by atoms with van der Waals surface area (Å²) in [7, 11) is -3.88. The van der Waals surface area contributed by atoms with Crippen molar-refractivity contribution >= 4 is 21.8 Å². The van der Waals surface area contributed by atoms with Gasteiger partial charge in [-0.05, 0) is 0 Å². The number of hydrogen-bond donors (Lipinski definition) is 2. The number of carbonyl (C=O) groups excluding carboxylic acids is 2. The number of imide groups is 1. The van der Waals surface area contributed by atoms with Gasteiger partial charge >= 0.3 is 0 Å². The van der Waals surface area contributed by atoms with Crippen LogP contribution in [0, 0.1) is 0 Å². The van der Waals surface area contributed by atoms with Crippen molar-refractivity contribution in [1.82, 2.24) is 19.6 Å². The normalized spacial score (nSPS) is 17.8. The minimum Gasteiger partial charge on any atom is -0.332 e. The van der Waals surface area contributed by atoms with E-state index in [4.69, 9.17) is 0 Å². The zero-order valence-corrected chi connectivity index (χ0v) is 10.5. The molecule has 1 aliphatic heterocycles. The highest BCUT2D eigenvalue weighted by molar-refractivity contribution is 7.89. The quantitative estimate of drug-likeness (QED) is 0.658. The highest BCUT2D eigenvalue weighted by Gasteiger charge is 2.33. The Kier molecular flexibility index (Phi) is 3.18. The summed E-state index contributed by atoms with van der Waals surface area (Å²) >= 11 is 0. The molecule has 1 saturated heterocycles. The van der Waals surface area contributed by atoms with Gasteiger partial charge in [-0.2, -0.15) is 4.31 Å². The average molecular weight is 272 g/mol. The number of nitrogens with one attached hydrogen (secondary N) is 2. The maximum absolute atomic E-state index is 12.1. The van der Waals surface area contributed by atoms with Crippen LogP contribution in [0.5, 0.6) is 0 Å². The number of nitrogens with zero attached hydrogens (tertiary/aromatic N) is 2. The maximum Gasteiger partial charge on any atom is 0.261 e. The van der Waals surface area contributed by atoms with E-state index in [9.17, 15) is 18.0 Å². The average Bonchev–Trinajstić information content (AvgIpc) is 2.76. The molecular weight excluding hydrogens is 260 g/mol. The second-order valence-electron chi connectivity index (χ2n) is 3.79. The van der Waals surface area contributed by atoms with Gasteiger partial charge in [-0.1, -0.05) is 6.92 Å². The Hall–Kier alpha value is -1.74. The molecule has 0 unspecified atom stereocenters. The Labute approximate surface area is 103 Å². The van der Waals surface area contributed by atoms with Gasteiger partial charge in [0.2, 0.25) is 11.8 Å². The van der Waals surface area contributed by atoms with E-state index in [1.54, 1.807) is 0 Å². The molecule has 8 nitrogen and oxygen atoms in total. The summed E-state index contributed by atoms with van der Waals surface area (Å²) in [6.45, 7) is 1.09. The zero-order valence-electron chi connectivity index (χ0n) is 9.63. The van der Waals surface area contributed by atoms with Crippen molar-refractivity contribution in [2.24, 2.45) is 0 Å². The van der Waals surface area contributed by atoms with Gasteiger partial charge in [0.05, 0.1) is 19.3 Å². The Morgan fingerprint density at radius 2 is 1.94 bits per heavy atom. The number of aryl methyl sites for hydroxylation is 1. The molecule has 18 heavy (non-hydrogen) atoms. The van der Waals surface area contributed by atoms with Gasteiger partial charge in [-0.25, -0.2) is 13.4 Å². The Balaban J connectivity index is 2.30. The van der Waals surface area contributed by atoms with Crippen molar-refractivity contribution in [2.45, 2.75) is 18.4 Å². The van der Waals surface area contributed by atoms with E-state index in [1.165, 1.54) is 6.20 Å². The van der Waals surface area contributed by atoms with E-state index in [1.807, 2.05) is 12.2 Å². The van der Waals surface area contributed by atoms with Crippen molar-refractivity contribution < 1.29 is 18.0 Å². The number of hydrogen-bond acceptors (Lipinski definition) is 5. The smallest absolute Gasteiger partial charge is 0.261 e. The first-order valence-electron chi connectivity index (χ1n) is 5.30. The third-order valence-corrected chi connectivity index (χ3v) is 4.18. The SMILES string of the molecule is CCc1ncc(S(=O)(=O)N2CC(=O)NC(=O)C2)[nH]1. The third-order valence-electron chi connectivity index (χ3n) is 2.48. The van der Waals surface area contributed by atoms with Crippen molar-refractivity contribution in [2.75, 3.05) is 13.1 Å². The van der Waals surface area contributed by atoms with E-state index < -0.39 is 21.8 Å². The molecule has 9 heteroatoms. The summed E-state index contributed by atoms with van der Waals surface area (Å²) in [5.74, 6) is -0.739. The molecule has 98 valence electrons. The topological polar surface area (TPSA) is 112 Å². The number of rotatable bonds is 3. The van der Waals surface area contributed by atoms with Crippen LogP contribution in [-0.4, -0.2) is 47.6 Å². The highest BCUT2D eigenvalue weighted by Crippen LogP contribution is 2.14. The van der Waals surface area contributed by atoms with Crippen molar-refractivity contribution in [1.29, 1.82) is 0 Å². The van der Waals surface area contributed by atoms with Crippen LogP contribution in [0.25, 0.3) is 0 Å². The third kappa shape index (κ3) is 2.27. The maximum atomic E-state index is 12.1. The first-order chi connectivity index (χ1) is 8.43. The number of sulfonamides is 1. The molecule has 0 bridgehead atoms. The largest absolute Gasteiger partial charge is 0.332 e. The molecule has 0 saturated carbocycles. The fourth-order valence-corrected chi connectivity index (χ4v) is 2.86. The second-order valence-corrected chi connectivity index (χ2v) is 5.70. The fourth-order valence-electron chi connectivity index (χ4n) is 1.57. The van der Waals surface area contributed by atoms with Crippen LogP contribution in [0.2, 0.25) is 0 Å². The molecule has 2 heterocycles. The van der Waals surface area contributed by atoms with Gasteiger partial charge in [-0.3, -0.25) is 14.9 Å². The molecule has 0 spiro atoms. The molecule has 2 rings (SSSR count). The van der Waals surface area contributed by atoms with Crippen LogP contribution >= 0.6 is 0 Å². The van der Waals surface area contributed by atoms with Crippen molar-refractivity contribution in [3.05, 3.63) is 12.0 Å². The molecule has 1 aliphatic rings. The number of H-pyrrole nitrogens is 1. The molecule has 2 N–H and O–H groups in total. The van der Waals surface area contributed by atoms with Gasteiger partial charge in [0.15, 0.2) is 5.03 Å². The monoisotopic (exact) mass is 272 g/mol. The van der Waals surface area contributed by atoms with Crippen molar-refractivity contribution in [3.8, 4) is 0 Å². The fraction of sp³-hybridized carbons (Fsp3) is 0.444. The van der Waals surface area contributed by atoms with E-state index in [0.717, 1.165) is 4.31 Å². The summed E-state index contributed by atoms with van der Waals surface area (Å²) in [6, 6.07) is 0. The zero-order chi connectivity index (χ0) is 13.3. The predicted octanol–water partition coefficient (Wildman–Crippen LogP) is -1.38. The lowest BCUT2D eigenvalue weighted by atomic mass is 10.4. The van der Waals surface area contributed by atoms with E-state index in [-0.39, 0.29) is 18.1 Å². The molecule has 1 aromatic rings. The minimum atomic E-state index is -3.88. The van der Waals surface area contributed by atoms with Gasteiger partial charge in [0.25, 0.3) is 10.0 Å². The number of amides is 2. The number of imidazole rings is 1. The summed E-state index contributed by atoms with van der Waals surface area (Å²) in [6.07, 6.45) is 1.75. The van der Waals surface area contributed by atoms with Gasteiger partial charge in [0.1, 0.15) is 5.82 Å². The van der Waals surface area contributed by atoms with E-state index in [2.05, 4.69) is 9.97 Å². The second kappa shape index (κ2) is 4.50. The first kappa shape index (κ1) is 12.7. The molecule has 0 atom stereocenters. The van der Waals surface area contributed by atoms with Crippen LogP contribution < -0.4 is 5.32 Å². The number of aromatic nitrogens is 2. The molecule has 0 aliphatic carbocycles.